The third-order valence-electron chi connectivity index (χ3n) is 0.794. The molecular formula is C8H21N3. The lowest BCUT2D eigenvalue weighted by Gasteiger charge is -1.74. The van der Waals surface area contributed by atoms with E-state index >= 15 is 0 Å². The van der Waals surface area contributed by atoms with Gasteiger partial charge in [-0.2, -0.15) is 5.10 Å². The van der Waals surface area contributed by atoms with E-state index in [1.165, 1.54) is 0 Å². The van der Waals surface area contributed by atoms with Crippen LogP contribution in [0.2, 0.25) is 0 Å². The Labute approximate surface area is 71.0 Å². The van der Waals surface area contributed by atoms with Crippen LogP contribution in [0.5, 0.6) is 0 Å². The van der Waals surface area contributed by atoms with Gasteiger partial charge in [-0.25, -0.2) is 0 Å². The standard InChI is InChI=1S/C3H5N.C2H4N2.3CH4/c2*1-4-2-3-4;;;/h2-3H,1H3;2H,1H3;3*1H4. The predicted octanol–water partition coefficient (Wildman–Crippen LogP) is 2.19. The third kappa shape index (κ3) is 17.6. The molecule has 68 valence electrons. The molecule has 2 rings (SSSR count). The zero-order chi connectivity index (χ0) is 5.98. The molecule has 0 aromatic heterocycles. The molecule has 2 aliphatic heterocycles. The van der Waals surface area contributed by atoms with Crippen LogP contribution in [0.15, 0.2) is 17.5 Å². The fourth-order valence-electron chi connectivity index (χ4n) is 0.118. The summed E-state index contributed by atoms with van der Waals surface area (Å²) >= 11 is 0. The van der Waals surface area contributed by atoms with E-state index in [0.29, 0.717) is 0 Å². The highest BCUT2D eigenvalue weighted by atomic mass is 15.6. The van der Waals surface area contributed by atoms with Gasteiger partial charge >= 0.3 is 0 Å². The summed E-state index contributed by atoms with van der Waals surface area (Å²) in [5.41, 5.74) is 0. The minimum atomic E-state index is 0. The molecule has 0 radical (unpaired) electrons. The molecule has 0 aliphatic carbocycles. The maximum absolute atomic E-state index is 3.61. The van der Waals surface area contributed by atoms with Crippen molar-refractivity contribution in [2.45, 2.75) is 22.3 Å². The fourth-order valence-corrected chi connectivity index (χ4v) is 0.118. The Balaban J connectivity index is -0.0000000914. The van der Waals surface area contributed by atoms with Crippen molar-refractivity contribution in [2.75, 3.05) is 14.1 Å². The van der Waals surface area contributed by atoms with Gasteiger partial charge in [0.2, 0.25) is 0 Å². The molecule has 0 bridgehead atoms. The maximum atomic E-state index is 3.61. The number of nitrogens with zero attached hydrogens (tertiary/aromatic N) is 3. The van der Waals surface area contributed by atoms with Crippen molar-refractivity contribution in [1.29, 1.82) is 0 Å². The highest BCUT2D eigenvalue weighted by Gasteiger charge is 1.92. The van der Waals surface area contributed by atoms with Crippen molar-refractivity contribution in [3.8, 4) is 0 Å². The van der Waals surface area contributed by atoms with Gasteiger partial charge in [0.05, 0.1) is 0 Å². The molecule has 0 unspecified atom stereocenters. The van der Waals surface area contributed by atoms with Crippen LogP contribution < -0.4 is 0 Å². The first-order valence-corrected chi connectivity index (χ1v) is 2.46. The van der Waals surface area contributed by atoms with Gasteiger partial charge in [0, 0.05) is 26.5 Å². The number of hydrazone groups is 1. The van der Waals surface area contributed by atoms with Crippen molar-refractivity contribution in [3.05, 3.63) is 12.4 Å². The van der Waals surface area contributed by atoms with Crippen LogP contribution in [0.1, 0.15) is 22.3 Å². The normalized spacial score (nSPS) is 12.9. The second-order valence-corrected chi connectivity index (χ2v) is 1.77. The smallest absolute Gasteiger partial charge is 0.132 e. The van der Waals surface area contributed by atoms with Gasteiger partial charge in [-0.3, -0.25) is 5.01 Å². The monoisotopic (exact) mass is 159 g/mol. The molecule has 0 fully saturated rings. The predicted molar refractivity (Wildman–Crippen MR) is 53.4 cm³/mol. The lowest BCUT2D eigenvalue weighted by atomic mass is 11.3. The average molecular weight is 159 g/mol. The molecule has 0 saturated carbocycles. The quantitative estimate of drug-likeness (QED) is 0.539. The highest BCUT2D eigenvalue weighted by Crippen LogP contribution is 1.96. The molecule has 0 spiro atoms. The topological polar surface area (TPSA) is 18.4 Å². The minimum absolute atomic E-state index is 0. The Bertz CT molecular complexity index is 101. The van der Waals surface area contributed by atoms with Gasteiger partial charge in [0.25, 0.3) is 0 Å². The van der Waals surface area contributed by atoms with Crippen molar-refractivity contribution in [1.82, 2.24) is 9.91 Å². The van der Waals surface area contributed by atoms with Crippen LogP contribution in [-0.4, -0.2) is 30.3 Å². The molecule has 3 nitrogen and oxygen atoms in total. The Morgan fingerprint density at radius 1 is 1.00 bits per heavy atom. The summed E-state index contributed by atoms with van der Waals surface area (Å²) in [6, 6.07) is 0. The summed E-state index contributed by atoms with van der Waals surface area (Å²) < 4.78 is 0. The van der Waals surface area contributed by atoms with E-state index in [1.54, 1.807) is 11.3 Å². The van der Waals surface area contributed by atoms with Crippen molar-refractivity contribution in [3.63, 3.8) is 0 Å². The molecular weight excluding hydrogens is 138 g/mol. The van der Waals surface area contributed by atoms with Gasteiger partial charge < -0.3 is 4.90 Å². The van der Waals surface area contributed by atoms with E-state index in [4.69, 9.17) is 0 Å². The molecule has 0 amide bonds. The number of hydrogen-bond acceptors (Lipinski definition) is 3. The molecule has 0 N–H and O–H groups in total. The summed E-state index contributed by atoms with van der Waals surface area (Å²) in [7, 11) is 3.89. The van der Waals surface area contributed by atoms with Crippen molar-refractivity contribution in [2.24, 2.45) is 5.10 Å². The number of rotatable bonds is 0. The first-order chi connectivity index (χ1) is 3.79. The summed E-state index contributed by atoms with van der Waals surface area (Å²) in [6.07, 6.45) is 5.75. The lowest BCUT2D eigenvalue weighted by Crippen LogP contribution is -1.79. The zero-order valence-electron chi connectivity index (χ0n) is 5.07. The largest absolute Gasteiger partial charge is 0.354 e. The molecule has 0 atom stereocenters. The third-order valence-corrected chi connectivity index (χ3v) is 0.794. The van der Waals surface area contributed by atoms with Gasteiger partial charge in [0.1, 0.15) is 6.34 Å². The fraction of sp³-hybridized carbons (Fsp3) is 0.625. The Hall–Kier alpha value is -0.990. The van der Waals surface area contributed by atoms with Gasteiger partial charge in [-0.05, 0) is 0 Å². The summed E-state index contributed by atoms with van der Waals surface area (Å²) in [6.45, 7) is 0. The molecule has 11 heavy (non-hydrogen) atoms. The molecule has 0 aromatic carbocycles. The van der Waals surface area contributed by atoms with Crippen LogP contribution >= 0.6 is 0 Å². The van der Waals surface area contributed by atoms with Crippen LogP contribution in [0.4, 0.5) is 0 Å². The second kappa shape index (κ2) is 7.12. The maximum Gasteiger partial charge on any atom is 0.132 e. The molecule has 2 heterocycles. The van der Waals surface area contributed by atoms with E-state index in [9.17, 15) is 0 Å². The summed E-state index contributed by atoms with van der Waals surface area (Å²) in [4.78, 5) is 2.00. The van der Waals surface area contributed by atoms with Crippen molar-refractivity contribution < 1.29 is 0 Å². The van der Waals surface area contributed by atoms with Gasteiger partial charge in [0.15, 0.2) is 0 Å². The van der Waals surface area contributed by atoms with E-state index in [0.717, 1.165) is 0 Å². The first-order valence-electron chi connectivity index (χ1n) is 2.46. The Morgan fingerprint density at radius 2 is 1.18 bits per heavy atom. The van der Waals surface area contributed by atoms with E-state index < -0.39 is 0 Å². The first kappa shape index (κ1) is 16.5. The SMILES string of the molecule is C.C.C.CN1C=C1.CN1C=N1. The Kier molecular flexibility index (Phi) is 10.7. The van der Waals surface area contributed by atoms with E-state index in [-0.39, 0.29) is 22.3 Å². The Morgan fingerprint density at radius 3 is 1.18 bits per heavy atom. The molecule has 0 aromatic rings. The minimum Gasteiger partial charge on any atom is -0.354 e. The van der Waals surface area contributed by atoms with Gasteiger partial charge in [-0.1, -0.05) is 22.3 Å². The van der Waals surface area contributed by atoms with E-state index in [1.807, 2.05) is 31.4 Å². The van der Waals surface area contributed by atoms with Crippen LogP contribution in [0.25, 0.3) is 0 Å². The summed E-state index contributed by atoms with van der Waals surface area (Å²) in [5, 5.41) is 5.36. The van der Waals surface area contributed by atoms with Crippen LogP contribution in [0.3, 0.4) is 0 Å². The number of hydrogen-bond donors (Lipinski definition) is 0. The average Bonchev–Trinajstić information content (AvgIpc) is 2.47. The van der Waals surface area contributed by atoms with Gasteiger partial charge in [-0.15, -0.1) is 0 Å². The highest BCUT2D eigenvalue weighted by molar-refractivity contribution is 5.64. The van der Waals surface area contributed by atoms with Crippen LogP contribution in [-0.2, 0) is 0 Å². The second-order valence-electron chi connectivity index (χ2n) is 1.77. The zero-order valence-corrected chi connectivity index (χ0v) is 5.07. The molecule has 0 saturated heterocycles. The van der Waals surface area contributed by atoms with Crippen molar-refractivity contribution >= 4 is 6.34 Å². The molecule has 3 heteroatoms. The van der Waals surface area contributed by atoms with E-state index in [2.05, 4.69) is 5.10 Å². The lowest BCUT2D eigenvalue weighted by molar-refractivity contribution is 0.691. The summed E-state index contributed by atoms with van der Waals surface area (Å²) in [5.74, 6) is 0. The van der Waals surface area contributed by atoms with Crippen LogP contribution in [0, 0.1) is 0 Å². The molecule has 2 aliphatic rings.